The second-order valence-electron chi connectivity index (χ2n) is 7.10. The Morgan fingerprint density at radius 2 is 1.81 bits per heavy atom. The number of ether oxygens (including phenoxy) is 4. The molecular weight excluding hydrogens is 398 g/mol. The third-order valence-electron chi connectivity index (χ3n) is 5.12. The molecule has 3 rings (SSSR count). The molecule has 0 unspecified atom stereocenters. The molecule has 1 aliphatic rings. The van der Waals surface area contributed by atoms with E-state index in [9.17, 15) is 9.59 Å². The number of esters is 1. The van der Waals surface area contributed by atoms with Crippen LogP contribution in [0.5, 0.6) is 5.75 Å². The first-order valence-corrected chi connectivity index (χ1v) is 9.98. The molecule has 0 radical (unpaired) electrons. The van der Waals surface area contributed by atoms with Gasteiger partial charge in [-0.2, -0.15) is 0 Å². The van der Waals surface area contributed by atoms with Gasteiger partial charge < -0.3 is 23.8 Å². The molecule has 2 aromatic carbocycles. The number of amides is 1. The Labute approximate surface area is 182 Å². The summed E-state index contributed by atoms with van der Waals surface area (Å²) in [7, 11) is 3.08. The fraction of sp³-hybridized carbons (Fsp3) is 0.333. The summed E-state index contributed by atoms with van der Waals surface area (Å²) < 4.78 is 22.4. The number of nitrogens with zero attached hydrogens (tertiary/aromatic N) is 1. The Balaban J connectivity index is 1.91. The Hall–Kier alpha value is -3.16. The fourth-order valence-corrected chi connectivity index (χ4v) is 3.66. The fourth-order valence-electron chi connectivity index (χ4n) is 3.66. The maximum absolute atomic E-state index is 12.8. The van der Waals surface area contributed by atoms with Gasteiger partial charge in [0.15, 0.2) is 6.10 Å². The largest absolute Gasteiger partial charge is 0.497 e. The van der Waals surface area contributed by atoms with Gasteiger partial charge in [-0.3, -0.25) is 9.59 Å². The third kappa shape index (κ3) is 4.95. The topological polar surface area (TPSA) is 74.3 Å². The SMILES string of the molecule is C=CC[C@@H](O[C@@H](OC(C)=O)c1ccccc1)[C@@H]1[C@@H](OC)C(=O)N1c1ccc(OC)cc1. The van der Waals surface area contributed by atoms with Gasteiger partial charge in [0.2, 0.25) is 6.29 Å². The zero-order valence-electron chi connectivity index (χ0n) is 17.9. The summed E-state index contributed by atoms with van der Waals surface area (Å²) >= 11 is 0. The van der Waals surface area contributed by atoms with Crippen LogP contribution in [0.3, 0.4) is 0 Å². The van der Waals surface area contributed by atoms with E-state index in [0.29, 0.717) is 23.4 Å². The van der Waals surface area contributed by atoms with Gasteiger partial charge in [-0.05, 0) is 30.7 Å². The average Bonchev–Trinajstić information content (AvgIpc) is 2.77. The number of hydrogen-bond acceptors (Lipinski definition) is 6. The van der Waals surface area contributed by atoms with Crippen molar-refractivity contribution >= 4 is 17.6 Å². The number of rotatable bonds is 10. The van der Waals surface area contributed by atoms with Crippen molar-refractivity contribution in [3.05, 3.63) is 72.8 Å². The summed E-state index contributed by atoms with van der Waals surface area (Å²) in [6, 6.07) is 15.9. The monoisotopic (exact) mass is 425 g/mol. The summed E-state index contributed by atoms with van der Waals surface area (Å²) in [6.07, 6.45) is 0.0132. The summed E-state index contributed by atoms with van der Waals surface area (Å²) in [4.78, 5) is 26.2. The molecule has 0 aliphatic carbocycles. The van der Waals surface area contributed by atoms with E-state index < -0.39 is 30.5 Å². The summed E-state index contributed by atoms with van der Waals surface area (Å²) in [5.41, 5.74) is 1.40. The van der Waals surface area contributed by atoms with E-state index in [-0.39, 0.29) is 5.91 Å². The molecule has 7 heteroatoms. The van der Waals surface area contributed by atoms with Crippen LogP contribution >= 0.6 is 0 Å². The van der Waals surface area contributed by atoms with Gasteiger partial charge in [-0.15, -0.1) is 6.58 Å². The van der Waals surface area contributed by atoms with Crippen molar-refractivity contribution in [3.8, 4) is 5.75 Å². The molecule has 4 atom stereocenters. The van der Waals surface area contributed by atoms with Crippen molar-refractivity contribution in [1.29, 1.82) is 0 Å². The molecule has 0 aromatic heterocycles. The molecule has 7 nitrogen and oxygen atoms in total. The number of β-lactam (4-membered cyclic amide) rings is 1. The van der Waals surface area contributed by atoms with E-state index in [1.165, 1.54) is 14.0 Å². The highest BCUT2D eigenvalue weighted by atomic mass is 16.7. The predicted octanol–water partition coefficient (Wildman–Crippen LogP) is 3.65. The quantitative estimate of drug-likeness (QED) is 0.250. The molecule has 0 N–H and O–H groups in total. The number of methoxy groups -OCH3 is 2. The highest BCUT2D eigenvalue weighted by Gasteiger charge is 2.53. The van der Waals surface area contributed by atoms with E-state index in [1.807, 2.05) is 30.3 Å². The zero-order chi connectivity index (χ0) is 22.4. The maximum Gasteiger partial charge on any atom is 0.305 e. The van der Waals surface area contributed by atoms with E-state index >= 15 is 0 Å². The van der Waals surface area contributed by atoms with E-state index in [0.717, 1.165) is 0 Å². The van der Waals surface area contributed by atoms with Crippen LogP contribution in [0.1, 0.15) is 25.2 Å². The van der Waals surface area contributed by atoms with Gasteiger partial charge >= 0.3 is 5.97 Å². The first-order chi connectivity index (χ1) is 15.0. The van der Waals surface area contributed by atoms with Crippen LogP contribution in [0.15, 0.2) is 67.3 Å². The lowest BCUT2D eigenvalue weighted by Crippen LogP contribution is -2.70. The highest BCUT2D eigenvalue weighted by molar-refractivity contribution is 6.05. The van der Waals surface area contributed by atoms with Crippen LogP contribution in [-0.2, 0) is 23.8 Å². The third-order valence-corrected chi connectivity index (χ3v) is 5.12. The second kappa shape index (κ2) is 10.2. The molecule has 1 fully saturated rings. The standard InChI is InChI=1S/C24H27NO6/c1-5-9-20(31-24(30-16(2)26)17-10-7-6-8-11-17)21-22(29-4)23(27)25(21)18-12-14-19(28-3)15-13-18/h5-8,10-15,20-22,24H,1,9H2,2-4H3/t20-,21-,22-,24-/m1/s1. The Morgan fingerprint density at radius 1 is 1.13 bits per heavy atom. The van der Waals surface area contributed by atoms with Crippen molar-refractivity contribution < 1.29 is 28.5 Å². The van der Waals surface area contributed by atoms with E-state index in [2.05, 4.69) is 6.58 Å². The smallest absolute Gasteiger partial charge is 0.305 e. The summed E-state index contributed by atoms with van der Waals surface area (Å²) in [6.45, 7) is 5.15. The summed E-state index contributed by atoms with van der Waals surface area (Å²) in [5, 5.41) is 0. The van der Waals surface area contributed by atoms with Crippen LogP contribution < -0.4 is 9.64 Å². The van der Waals surface area contributed by atoms with Gasteiger partial charge in [-0.1, -0.05) is 36.4 Å². The van der Waals surface area contributed by atoms with Crippen molar-refractivity contribution in [1.82, 2.24) is 0 Å². The number of carbonyl (C=O) groups is 2. The second-order valence-corrected chi connectivity index (χ2v) is 7.10. The lowest BCUT2D eigenvalue weighted by molar-refractivity contribution is -0.200. The molecule has 1 amide bonds. The number of carbonyl (C=O) groups excluding carboxylic acids is 2. The van der Waals surface area contributed by atoms with Gasteiger partial charge in [0.05, 0.1) is 19.3 Å². The Bertz CT molecular complexity index is 898. The molecular formula is C24H27NO6. The van der Waals surface area contributed by atoms with Crippen LogP contribution in [0, 0.1) is 0 Å². The van der Waals surface area contributed by atoms with Crippen molar-refractivity contribution in [2.75, 3.05) is 19.1 Å². The molecule has 1 heterocycles. The molecule has 0 spiro atoms. The highest BCUT2D eigenvalue weighted by Crippen LogP contribution is 2.36. The molecule has 0 saturated carbocycles. The predicted molar refractivity (Wildman–Crippen MR) is 116 cm³/mol. The summed E-state index contributed by atoms with van der Waals surface area (Å²) in [5.74, 6) is 0.0553. The van der Waals surface area contributed by atoms with Crippen LogP contribution in [0.4, 0.5) is 5.69 Å². The van der Waals surface area contributed by atoms with Crippen LogP contribution in [0.25, 0.3) is 0 Å². The minimum atomic E-state index is -0.922. The average molecular weight is 425 g/mol. The molecule has 2 aromatic rings. The normalized spacial score (nSPS) is 19.8. The number of benzene rings is 2. The van der Waals surface area contributed by atoms with E-state index in [1.54, 1.807) is 42.4 Å². The molecule has 164 valence electrons. The zero-order valence-corrected chi connectivity index (χ0v) is 17.9. The Morgan fingerprint density at radius 3 is 2.35 bits per heavy atom. The lowest BCUT2D eigenvalue weighted by atomic mass is 9.89. The molecule has 0 bridgehead atoms. The van der Waals surface area contributed by atoms with Gasteiger partial charge in [0, 0.05) is 25.3 Å². The number of hydrogen-bond donors (Lipinski definition) is 0. The first-order valence-electron chi connectivity index (χ1n) is 9.98. The van der Waals surface area contributed by atoms with Gasteiger partial charge in [0.1, 0.15) is 5.75 Å². The van der Waals surface area contributed by atoms with E-state index in [4.69, 9.17) is 18.9 Å². The minimum absolute atomic E-state index is 0.168. The van der Waals surface area contributed by atoms with Gasteiger partial charge in [0.25, 0.3) is 5.91 Å². The maximum atomic E-state index is 12.8. The van der Waals surface area contributed by atoms with Crippen molar-refractivity contribution in [2.24, 2.45) is 0 Å². The number of anilines is 1. The van der Waals surface area contributed by atoms with Crippen molar-refractivity contribution in [3.63, 3.8) is 0 Å². The van der Waals surface area contributed by atoms with Crippen LogP contribution in [0.2, 0.25) is 0 Å². The molecule has 1 saturated heterocycles. The molecule has 31 heavy (non-hydrogen) atoms. The van der Waals surface area contributed by atoms with Gasteiger partial charge in [-0.25, -0.2) is 0 Å². The lowest BCUT2D eigenvalue weighted by Gasteiger charge is -2.49. The molecule has 1 aliphatic heterocycles. The van der Waals surface area contributed by atoms with Crippen molar-refractivity contribution in [2.45, 2.75) is 37.9 Å². The first kappa shape index (κ1) is 22.5. The minimum Gasteiger partial charge on any atom is -0.497 e. The van der Waals surface area contributed by atoms with Crippen LogP contribution in [-0.4, -0.2) is 44.3 Å². The Kier molecular flexibility index (Phi) is 7.44.